The molecule has 0 spiro atoms. The predicted octanol–water partition coefficient (Wildman–Crippen LogP) is -0.173. The lowest BCUT2D eigenvalue weighted by molar-refractivity contribution is 0.0792. The maximum Gasteiger partial charge on any atom is 0.273 e. The van der Waals surface area contributed by atoms with Gasteiger partial charge in [0.05, 0.1) is 18.8 Å². The number of nitriles is 1. The number of nitrogens with zero attached hydrogens (tertiary/aromatic N) is 4. The van der Waals surface area contributed by atoms with Crippen LogP contribution >= 0.6 is 0 Å². The molecule has 1 heterocycles. The van der Waals surface area contributed by atoms with Gasteiger partial charge in [0, 0.05) is 32.9 Å². The summed E-state index contributed by atoms with van der Waals surface area (Å²) < 4.78 is 1.77. The fourth-order valence-electron chi connectivity index (χ4n) is 1.26. The Labute approximate surface area is 94.3 Å². The summed E-state index contributed by atoms with van der Waals surface area (Å²) in [6, 6.07) is 1.99. The van der Waals surface area contributed by atoms with E-state index in [2.05, 4.69) is 4.98 Å². The molecule has 1 rings (SSSR count). The molecule has 1 aromatic rings. The van der Waals surface area contributed by atoms with Crippen LogP contribution in [0.2, 0.25) is 0 Å². The third kappa shape index (κ3) is 3.07. The first-order valence-corrected chi connectivity index (χ1v) is 5.03. The van der Waals surface area contributed by atoms with Crippen LogP contribution < -0.4 is 5.73 Å². The lowest BCUT2D eigenvalue weighted by atomic mass is 10.3. The minimum Gasteiger partial charge on any atom is -0.339 e. The fourth-order valence-corrected chi connectivity index (χ4v) is 1.26. The van der Waals surface area contributed by atoms with Crippen LogP contribution in [0.25, 0.3) is 0 Å². The van der Waals surface area contributed by atoms with Gasteiger partial charge < -0.3 is 15.2 Å². The molecule has 0 radical (unpaired) electrons. The van der Waals surface area contributed by atoms with Crippen LogP contribution in [-0.2, 0) is 6.54 Å². The molecule has 0 aliphatic carbocycles. The van der Waals surface area contributed by atoms with Crippen LogP contribution in [0.15, 0.2) is 12.5 Å². The topological polar surface area (TPSA) is 87.9 Å². The van der Waals surface area contributed by atoms with Gasteiger partial charge in [-0.25, -0.2) is 4.98 Å². The van der Waals surface area contributed by atoms with Gasteiger partial charge in [0.15, 0.2) is 0 Å². The number of nitrogens with two attached hydrogens (primary N) is 1. The van der Waals surface area contributed by atoms with Crippen LogP contribution in [0.3, 0.4) is 0 Å². The van der Waals surface area contributed by atoms with Gasteiger partial charge in [-0.3, -0.25) is 4.79 Å². The van der Waals surface area contributed by atoms with Crippen LogP contribution in [0.5, 0.6) is 0 Å². The molecule has 0 aromatic carbocycles. The van der Waals surface area contributed by atoms with E-state index in [-0.39, 0.29) is 5.91 Å². The Balaban J connectivity index is 2.61. The molecule has 0 saturated carbocycles. The summed E-state index contributed by atoms with van der Waals surface area (Å²) in [6.07, 6.45) is 3.57. The zero-order valence-electron chi connectivity index (χ0n) is 9.26. The normalized spacial score (nSPS) is 9.81. The van der Waals surface area contributed by atoms with Crippen molar-refractivity contribution in [2.24, 2.45) is 5.73 Å². The Bertz CT molecular complexity index is 392. The molecule has 0 bridgehead atoms. The number of hydrogen-bond acceptors (Lipinski definition) is 4. The van der Waals surface area contributed by atoms with E-state index in [1.165, 1.54) is 4.90 Å². The Kier molecular flexibility index (Phi) is 4.48. The van der Waals surface area contributed by atoms with Crippen molar-refractivity contribution in [3.63, 3.8) is 0 Å². The molecule has 86 valence electrons. The van der Waals surface area contributed by atoms with Gasteiger partial charge in [-0.05, 0) is 0 Å². The maximum atomic E-state index is 11.8. The van der Waals surface area contributed by atoms with E-state index in [4.69, 9.17) is 11.0 Å². The highest BCUT2D eigenvalue weighted by Gasteiger charge is 2.13. The molecule has 6 heteroatoms. The number of carbonyl (C=O) groups is 1. The van der Waals surface area contributed by atoms with Gasteiger partial charge in [0.1, 0.15) is 5.69 Å². The number of rotatable bonds is 5. The summed E-state index contributed by atoms with van der Waals surface area (Å²) in [6.45, 7) is 1.57. The summed E-state index contributed by atoms with van der Waals surface area (Å²) in [5.74, 6) is -0.175. The molecule has 6 nitrogen and oxygen atoms in total. The molecule has 0 atom stereocenters. The lowest BCUT2D eigenvalue weighted by Gasteiger charge is -2.13. The van der Waals surface area contributed by atoms with E-state index >= 15 is 0 Å². The zero-order valence-corrected chi connectivity index (χ0v) is 9.26. The number of aromatic nitrogens is 2. The standard InChI is InChI=1S/C10H15N5O/c1-14(5-2-3-11)10(16)9-7-15(6-4-12)8-13-9/h7-8H,2,4-6,12H2,1H3. The van der Waals surface area contributed by atoms with Crippen molar-refractivity contribution >= 4 is 5.91 Å². The predicted molar refractivity (Wildman–Crippen MR) is 58.5 cm³/mol. The summed E-state index contributed by atoms with van der Waals surface area (Å²) in [5.41, 5.74) is 5.77. The first-order valence-electron chi connectivity index (χ1n) is 5.03. The molecule has 2 N–H and O–H groups in total. The van der Waals surface area contributed by atoms with Crippen molar-refractivity contribution in [3.05, 3.63) is 18.2 Å². The van der Waals surface area contributed by atoms with Gasteiger partial charge in [0.2, 0.25) is 0 Å². The molecule has 0 fully saturated rings. The largest absolute Gasteiger partial charge is 0.339 e. The van der Waals surface area contributed by atoms with E-state index < -0.39 is 0 Å². The average Bonchev–Trinajstić information content (AvgIpc) is 2.74. The summed E-state index contributed by atoms with van der Waals surface area (Å²) in [7, 11) is 1.65. The van der Waals surface area contributed by atoms with Crippen molar-refractivity contribution in [3.8, 4) is 6.07 Å². The molecule has 16 heavy (non-hydrogen) atoms. The second-order valence-electron chi connectivity index (χ2n) is 3.42. The van der Waals surface area contributed by atoms with Crippen LogP contribution in [0.4, 0.5) is 0 Å². The first kappa shape index (κ1) is 12.2. The van der Waals surface area contributed by atoms with E-state index in [0.29, 0.717) is 31.7 Å². The number of hydrogen-bond donors (Lipinski definition) is 1. The minimum atomic E-state index is -0.175. The first-order chi connectivity index (χ1) is 7.69. The SMILES string of the molecule is CN(CCC#N)C(=O)c1cn(CCN)cn1. The molecular weight excluding hydrogens is 206 g/mol. The Morgan fingerprint density at radius 1 is 1.75 bits per heavy atom. The highest BCUT2D eigenvalue weighted by atomic mass is 16.2. The lowest BCUT2D eigenvalue weighted by Crippen LogP contribution is -2.27. The number of imidazole rings is 1. The summed E-state index contributed by atoms with van der Waals surface area (Å²) in [5, 5.41) is 8.42. The molecule has 0 unspecified atom stereocenters. The minimum absolute atomic E-state index is 0.175. The van der Waals surface area contributed by atoms with Crippen molar-refractivity contribution in [1.29, 1.82) is 5.26 Å². The third-order valence-corrected chi connectivity index (χ3v) is 2.15. The van der Waals surface area contributed by atoms with Crippen molar-refractivity contribution in [2.75, 3.05) is 20.1 Å². The second kappa shape index (κ2) is 5.88. The second-order valence-corrected chi connectivity index (χ2v) is 3.42. The van der Waals surface area contributed by atoms with Crippen LogP contribution in [-0.4, -0.2) is 40.5 Å². The van der Waals surface area contributed by atoms with E-state index in [9.17, 15) is 4.79 Å². The highest BCUT2D eigenvalue weighted by molar-refractivity contribution is 5.91. The third-order valence-electron chi connectivity index (χ3n) is 2.15. The van der Waals surface area contributed by atoms with Crippen LogP contribution in [0, 0.1) is 11.3 Å². The van der Waals surface area contributed by atoms with Crippen molar-refractivity contribution < 1.29 is 4.79 Å². The van der Waals surface area contributed by atoms with Gasteiger partial charge >= 0.3 is 0 Å². The van der Waals surface area contributed by atoms with Crippen molar-refractivity contribution in [1.82, 2.24) is 14.5 Å². The van der Waals surface area contributed by atoms with Gasteiger partial charge in [-0.2, -0.15) is 5.26 Å². The Morgan fingerprint density at radius 2 is 2.50 bits per heavy atom. The van der Waals surface area contributed by atoms with E-state index in [1.54, 1.807) is 24.1 Å². The molecule has 0 aliphatic rings. The monoisotopic (exact) mass is 221 g/mol. The smallest absolute Gasteiger partial charge is 0.273 e. The summed E-state index contributed by atoms with van der Waals surface area (Å²) in [4.78, 5) is 17.3. The van der Waals surface area contributed by atoms with Gasteiger partial charge in [0.25, 0.3) is 5.91 Å². The fraction of sp³-hybridized carbons (Fsp3) is 0.500. The molecular formula is C10H15N5O. The number of amides is 1. The Morgan fingerprint density at radius 3 is 3.12 bits per heavy atom. The Hall–Kier alpha value is -1.87. The van der Waals surface area contributed by atoms with Gasteiger partial charge in [-0.15, -0.1) is 0 Å². The van der Waals surface area contributed by atoms with Gasteiger partial charge in [-0.1, -0.05) is 0 Å². The molecule has 0 saturated heterocycles. The molecule has 0 aliphatic heterocycles. The quantitative estimate of drug-likeness (QED) is 0.747. The average molecular weight is 221 g/mol. The molecule has 1 aromatic heterocycles. The zero-order chi connectivity index (χ0) is 12.0. The number of carbonyl (C=O) groups excluding carboxylic acids is 1. The maximum absolute atomic E-state index is 11.8. The highest BCUT2D eigenvalue weighted by Crippen LogP contribution is 2.01. The molecule has 1 amide bonds. The van der Waals surface area contributed by atoms with E-state index in [0.717, 1.165) is 0 Å². The van der Waals surface area contributed by atoms with Crippen molar-refractivity contribution in [2.45, 2.75) is 13.0 Å². The van der Waals surface area contributed by atoms with Crippen LogP contribution in [0.1, 0.15) is 16.9 Å². The van der Waals surface area contributed by atoms with E-state index in [1.807, 2.05) is 6.07 Å². The summed E-state index contributed by atoms with van der Waals surface area (Å²) >= 11 is 0.